The molecule has 0 spiro atoms. The summed E-state index contributed by atoms with van der Waals surface area (Å²) in [4.78, 5) is 0. The highest BCUT2D eigenvalue weighted by atomic mass is 19.1. The molecule has 2 unspecified atom stereocenters. The zero-order valence-electron chi connectivity index (χ0n) is 8.32. The molecule has 15 heavy (non-hydrogen) atoms. The number of hydrogen-bond donors (Lipinski definition) is 2. The first-order valence-corrected chi connectivity index (χ1v) is 4.99. The first-order chi connectivity index (χ1) is 7.25. The summed E-state index contributed by atoms with van der Waals surface area (Å²) in [6.07, 6.45) is -0.460. The Labute approximate surface area is 87.9 Å². The lowest BCUT2D eigenvalue weighted by molar-refractivity contribution is 0.122. The Morgan fingerprint density at radius 1 is 1.47 bits per heavy atom. The summed E-state index contributed by atoms with van der Waals surface area (Å²) in [6, 6.07) is 6.37. The maximum atomic E-state index is 12.8. The van der Waals surface area contributed by atoms with E-state index in [9.17, 15) is 9.50 Å². The van der Waals surface area contributed by atoms with Crippen LogP contribution in [0.4, 0.5) is 4.39 Å². The van der Waals surface area contributed by atoms with Crippen molar-refractivity contribution in [1.82, 2.24) is 5.32 Å². The summed E-state index contributed by atoms with van der Waals surface area (Å²) in [5, 5.41) is 12.6. The second-order valence-corrected chi connectivity index (χ2v) is 3.72. The van der Waals surface area contributed by atoms with Crippen molar-refractivity contribution in [2.24, 2.45) is 0 Å². The Balaban J connectivity index is 1.87. The first-order valence-electron chi connectivity index (χ1n) is 4.99. The van der Waals surface area contributed by atoms with Gasteiger partial charge in [0.25, 0.3) is 0 Å². The molecule has 2 rings (SSSR count). The maximum Gasteiger partial charge on any atom is 0.123 e. The van der Waals surface area contributed by atoms with Gasteiger partial charge in [0.15, 0.2) is 0 Å². The van der Waals surface area contributed by atoms with Gasteiger partial charge in [-0.25, -0.2) is 4.39 Å². The normalized spacial score (nSPS) is 25.7. The van der Waals surface area contributed by atoms with Gasteiger partial charge >= 0.3 is 0 Å². The number of aliphatic hydroxyl groups excluding tert-OH is 1. The third-order valence-corrected chi connectivity index (χ3v) is 2.51. The zero-order chi connectivity index (χ0) is 10.7. The molecule has 2 N–H and O–H groups in total. The summed E-state index contributed by atoms with van der Waals surface area (Å²) in [5.74, 6) is -0.238. The van der Waals surface area contributed by atoms with Crippen LogP contribution in [0.5, 0.6) is 0 Å². The van der Waals surface area contributed by atoms with Crippen LogP contribution in [0.2, 0.25) is 0 Å². The van der Waals surface area contributed by atoms with Crippen LogP contribution in [-0.2, 0) is 11.3 Å². The Morgan fingerprint density at radius 2 is 2.33 bits per heavy atom. The van der Waals surface area contributed by atoms with Crippen LogP contribution in [0.15, 0.2) is 24.3 Å². The summed E-state index contributed by atoms with van der Waals surface area (Å²) in [5.41, 5.74) is 0.870. The fourth-order valence-corrected chi connectivity index (χ4v) is 1.63. The maximum absolute atomic E-state index is 12.8. The van der Waals surface area contributed by atoms with Crippen LogP contribution in [0, 0.1) is 5.82 Å². The second kappa shape index (κ2) is 4.70. The van der Waals surface area contributed by atoms with E-state index in [-0.39, 0.29) is 11.9 Å². The number of halogens is 1. The van der Waals surface area contributed by atoms with E-state index in [0.29, 0.717) is 19.8 Å². The fourth-order valence-electron chi connectivity index (χ4n) is 1.63. The van der Waals surface area contributed by atoms with E-state index in [1.54, 1.807) is 6.07 Å². The molecule has 0 aromatic heterocycles. The van der Waals surface area contributed by atoms with Gasteiger partial charge in [0, 0.05) is 6.54 Å². The fraction of sp³-hybridized carbons (Fsp3) is 0.455. The number of rotatable bonds is 3. The highest BCUT2D eigenvalue weighted by molar-refractivity contribution is 5.16. The van der Waals surface area contributed by atoms with Crippen LogP contribution in [0.3, 0.4) is 0 Å². The van der Waals surface area contributed by atoms with Gasteiger partial charge in [0.05, 0.1) is 25.4 Å². The van der Waals surface area contributed by atoms with E-state index in [1.807, 2.05) is 6.07 Å². The monoisotopic (exact) mass is 211 g/mol. The third-order valence-electron chi connectivity index (χ3n) is 2.51. The molecule has 0 bridgehead atoms. The van der Waals surface area contributed by atoms with Crippen molar-refractivity contribution in [3.8, 4) is 0 Å². The van der Waals surface area contributed by atoms with Crippen LogP contribution in [-0.4, -0.2) is 30.5 Å². The lowest BCUT2D eigenvalue weighted by Crippen LogP contribution is -2.38. The number of benzene rings is 1. The average Bonchev–Trinajstić information content (AvgIpc) is 2.61. The average molecular weight is 211 g/mol. The van der Waals surface area contributed by atoms with Crippen molar-refractivity contribution in [2.45, 2.75) is 18.7 Å². The van der Waals surface area contributed by atoms with E-state index < -0.39 is 6.10 Å². The highest BCUT2D eigenvalue weighted by Crippen LogP contribution is 2.08. The van der Waals surface area contributed by atoms with Crippen molar-refractivity contribution in [2.75, 3.05) is 13.2 Å². The Kier molecular flexibility index (Phi) is 3.30. The molecule has 82 valence electrons. The minimum atomic E-state index is -0.460. The third kappa shape index (κ3) is 2.75. The van der Waals surface area contributed by atoms with Gasteiger partial charge < -0.3 is 15.2 Å². The molecule has 4 heteroatoms. The topological polar surface area (TPSA) is 41.5 Å². The first kappa shape index (κ1) is 10.5. The van der Waals surface area contributed by atoms with Gasteiger partial charge in [-0.3, -0.25) is 0 Å². The van der Waals surface area contributed by atoms with E-state index in [1.165, 1.54) is 12.1 Å². The quantitative estimate of drug-likeness (QED) is 0.772. The molecule has 0 saturated carbocycles. The molecule has 1 saturated heterocycles. The van der Waals surface area contributed by atoms with Gasteiger partial charge in [-0.05, 0) is 17.7 Å². The van der Waals surface area contributed by atoms with Crippen molar-refractivity contribution in [3.05, 3.63) is 35.6 Å². The number of ether oxygens (including phenoxy) is 1. The minimum absolute atomic E-state index is 0.0479. The van der Waals surface area contributed by atoms with Crippen LogP contribution in [0.1, 0.15) is 5.56 Å². The van der Waals surface area contributed by atoms with Gasteiger partial charge in [-0.15, -0.1) is 0 Å². The molecule has 1 fully saturated rings. The molecule has 2 atom stereocenters. The molecule has 3 nitrogen and oxygen atoms in total. The summed E-state index contributed by atoms with van der Waals surface area (Å²) >= 11 is 0. The van der Waals surface area contributed by atoms with Crippen LogP contribution >= 0.6 is 0 Å². The predicted molar refractivity (Wildman–Crippen MR) is 53.9 cm³/mol. The molecule has 0 aliphatic carbocycles. The van der Waals surface area contributed by atoms with E-state index in [0.717, 1.165) is 5.56 Å². The lowest BCUT2D eigenvalue weighted by atomic mass is 10.2. The standard InChI is InChI=1S/C11H14FNO2/c12-9-3-1-2-8(4-9)5-13-10-6-15-7-11(10)14/h1-4,10-11,13-14H,5-7H2. The number of aliphatic hydroxyl groups is 1. The van der Waals surface area contributed by atoms with Crippen molar-refractivity contribution in [1.29, 1.82) is 0 Å². The summed E-state index contributed by atoms with van der Waals surface area (Å²) < 4.78 is 17.9. The molecular weight excluding hydrogens is 197 g/mol. The molecule has 1 aromatic rings. The van der Waals surface area contributed by atoms with Crippen LogP contribution in [0.25, 0.3) is 0 Å². The lowest BCUT2D eigenvalue weighted by Gasteiger charge is -2.14. The van der Waals surface area contributed by atoms with Gasteiger partial charge in [-0.1, -0.05) is 12.1 Å². The summed E-state index contributed by atoms with van der Waals surface area (Å²) in [6.45, 7) is 1.43. The van der Waals surface area contributed by atoms with Gasteiger partial charge in [0.2, 0.25) is 0 Å². The molecule has 0 amide bonds. The number of hydrogen-bond acceptors (Lipinski definition) is 3. The molecule has 1 aliphatic rings. The van der Waals surface area contributed by atoms with Crippen molar-refractivity contribution >= 4 is 0 Å². The largest absolute Gasteiger partial charge is 0.389 e. The molecule has 1 aliphatic heterocycles. The van der Waals surface area contributed by atoms with Gasteiger partial charge in [-0.2, -0.15) is 0 Å². The van der Waals surface area contributed by atoms with Gasteiger partial charge in [0.1, 0.15) is 5.82 Å². The molecule has 1 heterocycles. The zero-order valence-corrected chi connectivity index (χ0v) is 8.32. The van der Waals surface area contributed by atoms with Crippen LogP contribution < -0.4 is 5.32 Å². The number of nitrogens with one attached hydrogen (secondary N) is 1. The Hall–Kier alpha value is -0.970. The SMILES string of the molecule is OC1COCC1NCc1cccc(F)c1. The van der Waals surface area contributed by atoms with E-state index >= 15 is 0 Å². The minimum Gasteiger partial charge on any atom is -0.389 e. The molecular formula is C11H14FNO2. The molecule has 0 radical (unpaired) electrons. The Bertz CT molecular complexity index is 332. The van der Waals surface area contributed by atoms with Crippen molar-refractivity contribution < 1.29 is 14.2 Å². The highest BCUT2D eigenvalue weighted by Gasteiger charge is 2.25. The predicted octanol–water partition coefficient (Wildman–Crippen LogP) is 0.675. The summed E-state index contributed by atoms with van der Waals surface area (Å²) in [7, 11) is 0. The Morgan fingerprint density at radius 3 is 3.00 bits per heavy atom. The second-order valence-electron chi connectivity index (χ2n) is 3.72. The van der Waals surface area contributed by atoms with E-state index in [4.69, 9.17) is 4.74 Å². The molecule has 1 aromatic carbocycles. The van der Waals surface area contributed by atoms with Crippen molar-refractivity contribution in [3.63, 3.8) is 0 Å². The van der Waals surface area contributed by atoms with E-state index in [2.05, 4.69) is 5.32 Å². The smallest absolute Gasteiger partial charge is 0.123 e.